The van der Waals surface area contributed by atoms with Crippen LogP contribution in [0.3, 0.4) is 0 Å². The average molecular weight is 213 g/mol. The van der Waals surface area contributed by atoms with Crippen molar-refractivity contribution in [2.75, 3.05) is 13.6 Å². The lowest BCUT2D eigenvalue weighted by molar-refractivity contribution is -0.138. The van der Waals surface area contributed by atoms with Crippen LogP contribution in [0, 0.1) is 5.92 Å². The molecule has 0 aromatic heterocycles. The molecule has 0 aromatic rings. The van der Waals surface area contributed by atoms with Crippen molar-refractivity contribution in [3.05, 3.63) is 0 Å². The second-order valence-corrected chi connectivity index (χ2v) is 4.29. The molecule has 0 aliphatic heterocycles. The fourth-order valence-corrected chi connectivity index (χ4v) is 1.69. The van der Waals surface area contributed by atoms with Crippen LogP contribution in [0.5, 0.6) is 0 Å². The lowest BCUT2D eigenvalue weighted by atomic mass is 9.82. The zero-order chi connectivity index (χ0) is 11.3. The van der Waals surface area contributed by atoms with E-state index in [-0.39, 0.29) is 12.3 Å². The Labute approximate surface area is 90.3 Å². The van der Waals surface area contributed by atoms with Crippen molar-refractivity contribution in [3.8, 4) is 0 Å². The van der Waals surface area contributed by atoms with E-state index in [1.165, 1.54) is 24.2 Å². The predicted molar refractivity (Wildman–Crippen MR) is 56.5 cm³/mol. The Kier molecular flexibility index (Phi) is 4.59. The Balaban J connectivity index is 2.11. The highest BCUT2D eigenvalue weighted by atomic mass is 16.4. The molecule has 1 aliphatic rings. The minimum Gasteiger partial charge on any atom is -0.481 e. The fourth-order valence-electron chi connectivity index (χ4n) is 1.69. The summed E-state index contributed by atoms with van der Waals surface area (Å²) in [6.45, 7) is 0.318. The van der Waals surface area contributed by atoms with Gasteiger partial charge in [0, 0.05) is 20.0 Å². The van der Waals surface area contributed by atoms with Gasteiger partial charge in [0.15, 0.2) is 0 Å². The van der Waals surface area contributed by atoms with E-state index >= 15 is 0 Å². The lowest BCUT2D eigenvalue weighted by Crippen LogP contribution is -2.29. The molecule has 1 N–H and O–H groups in total. The molecule has 1 aliphatic carbocycles. The van der Waals surface area contributed by atoms with Gasteiger partial charge in [-0.3, -0.25) is 9.59 Å². The van der Waals surface area contributed by atoms with Crippen LogP contribution in [-0.4, -0.2) is 35.5 Å². The van der Waals surface area contributed by atoms with E-state index < -0.39 is 5.97 Å². The van der Waals surface area contributed by atoms with Crippen LogP contribution in [0.15, 0.2) is 0 Å². The summed E-state index contributed by atoms with van der Waals surface area (Å²) >= 11 is 0. The minimum absolute atomic E-state index is 0.0334. The van der Waals surface area contributed by atoms with Crippen LogP contribution in [-0.2, 0) is 9.59 Å². The molecule has 86 valence electrons. The van der Waals surface area contributed by atoms with Crippen molar-refractivity contribution in [2.45, 2.75) is 38.5 Å². The number of carbonyl (C=O) groups is 2. The van der Waals surface area contributed by atoms with Crippen LogP contribution in [0.2, 0.25) is 0 Å². The van der Waals surface area contributed by atoms with Gasteiger partial charge in [0.25, 0.3) is 0 Å². The van der Waals surface area contributed by atoms with Crippen molar-refractivity contribution in [2.24, 2.45) is 5.92 Å². The second kappa shape index (κ2) is 5.73. The standard InChI is InChI=1S/C11H19NO3/c1-12(8-7-11(14)15)10(13)6-5-9-3-2-4-9/h9H,2-8H2,1H3,(H,14,15). The molecule has 4 heteroatoms. The van der Waals surface area contributed by atoms with Gasteiger partial charge in [-0.15, -0.1) is 0 Å². The van der Waals surface area contributed by atoms with Crippen LogP contribution in [0.1, 0.15) is 38.5 Å². The maximum atomic E-state index is 11.5. The van der Waals surface area contributed by atoms with E-state index in [0.717, 1.165) is 12.3 Å². The van der Waals surface area contributed by atoms with Crippen molar-refractivity contribution in [1.82, 2.24) is 4.90 Å². The molecule has 0 saturated heterocycles. The Hall–Kier alpha value is -1.06. The number of amides is 1. The van der Waals surface area contributed by atoms with Gasteiger partial charge in [0.1, 0.15) is 0 Å². The van der Waals surface area contributed by atoms with E-state index in [2.05, 4.69) is 0 Å². The molecule has 15 heavy (non-hydrogen) atoms. The summed E-state index contributed by atoms with van der Waals surface area (Å²) in [7, 11) is 1.67. The first-order valence-corrected chi connectivity index (χ1v) is 5.55. The third kappa shape index (κ3) is 4.32. The Morgan fingerprint density at radius 3 is 2.47 bits per heavy atom. The van der Waals surface area contributed by atoms with Gasteiger partial charge in [-0.2, -0.15) is 0 Å². The molecular weight excluding hydrogens is 194 g/mol. The topological polar surface area (TPSA) is 57.6 Å². The van der Waals surface area contributed by atoms with Crippen LogP contribution in [0.4, 0.5) is 0 Å². The third-order valence-corrected chi connectivity index (χ3v) is 3.08. The van der Waals surface area contributed by atoms with E-state index in [9.17, 15) is 9.59 Å². The number of carboxylic acid groups (broad SMARTS) is 1. The molecule has 4 nitrogen and oxygen atoms in total. The fraction of sp³-hybridized carbons (Fsp3) is 0.818. The Morgan fingerprint density at radius 1 is 1.33 bits per heavy atom. The third-order valence-electron chi connectivity index (χ3n) is 3.08. The smallest absolute Gasteiger partial charge is 0.305 e. The Bertz CT molecular complexity index is 236. The molecule has 1 fully saturated rings. The maximum Gasteiger partial charge on any atom is 0.305 e. The summed E-state index contributed by atoms with van der Waals surface area (Å²) in [6, 6.07) is 0. The van der Waals surface area contributed by atoms with Crippen LogP contribution >= 0.6 is 0 Å². The molecule has 0 heterocycles. The zero-order valence-electron chi connectivity index (χ0n) is 9.24. The van der Waals surface area contributed by atoms with Gasteiger partial charge in [-0.25, -0.2) is 0 Å². The molecule has 0 atom stereocenters. The number of nitrogens with zero attached hydrogens (tertiary/aromatic N) is 1. The van der Waals surface area contributed by atoms with Crippen LogP contribution in [0.25, 0.3) is 0 Å². The second-order valence-electron chi connectivity index (χ2n) is 4.29. The molecule has 1 rings (SSSR count). The van der Waals surface area contributed by atoms with Crippen molar-refractivity contribution < 1.29 is 14.7 Å². The number of hydrogen-bond donors (Lipinski definition) is 1. The van der Waals surface area contributed by atoms with Gasteiger partial charge in [0.2, 0.25) is 5.91 Å². The highest BCUT2D eigenvalue weighted by Gasteiger charge is 2.19. The highest BCUT2D eigenvalue weighted by Crippen LogP contribution is 2.30. The monoisotopic (exact) mass is 213 g/mol. The first kappa shape index (κ1) is 12.0. The summed E-state index contributed by atoms with van der Waals surface area (Å²) in [6.07, 6.45) is 5.38. The first-order chi connectivity index (χ1) is 7.09. The normalized spacial score (nSPS) is 15.8. The van der Waals surface area contributed by atoms with Gasteiger partial charge in [-0.1, -0.05) is 19.3 Å². The molecule has 1 amide bonds. The molecule has 0 spiro atoms. The number of carboxylic acids is 1. The molecular formula is C11H19NO3. The molecule has 1 saturated carbocycles. The summed E-state index contributed by atoms with van der Waals surface area (Å²) in [5.74, 6) is -0.0429. The quantitative estimate of drug-likeness (QED) is 0.727. The lowest BCUT2D eigenvalue weighted by Gasteiger charge is -2.25. The van der Waals surface area contributed by atoms with E-state index in [1.807, 2.05) is 0 Å². The van der Waals surface area contributed by atoms with Crippen molar-refractivity contribution in [3.63, 3.8) is 0 Å². The van der Waals surface area contributed by atoms with Gasteiger partial charge < -0.3 is 10.0 Å². The highest BCUT2D eigenvalue weighted by molar-refractivity contribution is 5.76. The number of hydrogen-bond acceptors (Lipinski definition) is 2. The van der Waals surface area contributed by atoms with Crippen molar-refractivity contribution >= 4 is 11.9 Å². The maximum absolute atomic E-state index is 11.5. The largest absolute Gasteiger partial charge is 0.481 e. The Morgan fingerprint density at radius 2 is 2.00 bits per heavy atom. The van der Waals surface area contributed by atoms with Crippen LogP contribution < -0.4 is 0 Å². The summed E-state index contributed by atoms with van der Waals surface area (Å²) < 4.78 is 0. The van der Waals surface area contributed by atoms with Gasteiger partial charge in [-0.05, 0) is 12.3 Å². The van der Waals surface area contributed by atoms with Crippen molar-refractivity contribution in [1.29, 1.82) is 0 Å². The minimum atomic E-state index is -0.853. The summed E-state index contributed by atoms with van der Waals surface area (Å²) in [5.41, 5.74) is 0. The number of carbonyl (C=O) groups excluding carboxylic acids is 1. The van der Waals surface area contributed by atoms with Gasteiger partial charge in [0.05, 0.1) is 6.42 Å². The SMILES string of the molecule is CN(CCC(=O)O)C(=O)CCC1CCC1. The average Bonchev–Trinajstić information content (AvgIpc) is 2.11. The molecule has 0 bridgehead atoms. The molecule has 0 unspecified atom stereocenters. The van der Waals surface area contributed by atoms with E-state index in [1.54, 1.807) is 7.05 Å². The summed E-state index contributed by atoms with van der Waals surface area (Å²) in [4.78, 5) is 23.4. The number of rotatable bonds is 6. The van der Waals surface area contributed by atoms with E-state index in [0.29, 0.717) is 13.0 Å². The van der Waals surface area contributed by atoms with E-state index in [4.69, 9.17) is 5.11 Å². The summed E-state index contributed by atoms with van der Waals surface area (Å²) in [5, 5.41) is 8.47. The predicted octanol–water partition coefficient (Wildman–Crippen LogP) is 1.50. The molecule has 0 radical (unpaired) electrons. The number of aliphatic carboxylic acids is 1. The first-order valence-electron chi connectivity index (χ1n) is 5.55. The molecule has 0 aromatic carbocycles. The zero-order valence-corrected chi connectivity index (χ0v) is 9.24. The van der Waals surface area contributed by atoms with Gasteiger partial charge >= 0.3 is 5.97 Å².